The number of anilines is 1. The lowest BCUT2D eigenvalue weighted by Crippen LogP contribution is -2.45. The third kappa shape index (κ3) is 3.82. The first kappa shape index (κ1) is 14.2. The summed E-state index contributed by atoms with van der Waals surface area (Å²) < 4.78 is 1.02. The second-order valence-electron chi connectivity index (χ2n) is 5.30. The van der Waals surface area contributed by atoms with E-state index in [4.69, 9.17) is 5.73 Å². The van der Waals surface area contributed by atoms with Crippen LogP contribution in [-0.4, -0.2) is 11.9 Å². The van der Waals surface area contributed by atoms with Crippen molar-refractivity contribution in [1.29, 1.82) is 0 Å². The fraction of sp³-hybridized carbons (Fsp3) is 0.462. The molecule has 1 amide bonds. The maximum absolute atomic E-state index is 11.9. The molecule has 0 spiro atoms. The minimum absolute atomic E-state index is 0.153. The quantitative estimate of drug-likeness (QED) is 0.881. The highest BCUT2D eigenvalue weighted by Gasteiger charge is 2.27. The van der Waals surface area contributed by atoms with Gasteiger partial charge in [-0.2, -0.15) is 0 Å². The van der Waals surface area contributed by atoms with E-state index < -0.39 is 6.04 Å². The lowest BCUT2D eigenvalue weighted by Gasteiger charge is -2.25. The zero-order valence-corrected chi connectivity index (χ0v) is 12.3. The van der Waals surface area contributed by atoms with Crippen LogP contribution in [0, 0.1) is 12.3 Å². The molecule has 1 atom stereocenters. The van der Waals surface area contributed by atoms with E-state index in [2.05, 4.69) is 21.2 Å². The molecule has 0 heterocycles. The van der Waals surface area contributed by atoms with E-state index in [0.29, 0.717) is 0 Å². The number of hydrogen-bond acceptors (Lipinski definition) is 2. The Morgan fingerprint density at radius 2 is 2.00 bits per heavy atom. The van der Waals surface area contributed by atoms with E-state index in [-0.39, 0.29) is 11.3 Å². The van der Waals surface area contributed by atoms with Gasteiger partial charge in [-0.25, -0.2) is 0 Å². The molecule has 0 saturated heterocycles. The predicted molar refractivity (Wildman–Crippen MR) is 74.9 cm³/mol. The Balaban J connectivity index is 2.78. The second kappa shape index (κ2) is 5.19. The normalized spacial score (nSPS) is 13.3. The van der Waals surface area contributed by atoms with Crippen molar-refractivity contribution >= 4 is 27.5 Å². The molecule has 0 unspecified atom stereocenters. The van der Waals surface area contributed by atoms with Crippen LogP contribution in [0.1, 0.15) is 26.3 Å². The standard InChI is InChI=1S/C13H19BrN2O/c1-8-7-9(5-6-10(8)14)16-12(17)11(15)13(2,3)4/h5-7,11H,15H2,1-4H3,(H,16,17)/t11-/m0/s1. The topological polar surface area (TPSA) is 55.1 Å². The van der Waals surface area contributed by atoms with Crippen LogP contribution in [0.4, 0.5) is 5.69 Å². The van der Waals surface area contributed by atoms with Crippen LogP contribution in [0.3, 0.4) is 0 Å². The molecule has 4 heteroatoms. The van der Waals surface area contributed by atoms with E-state index in [1.165, 1.54) is 0 Å². The van der Waals surface area contributed by atoms with Crippen LogP contribution < -0.4 is 11.1 Å². The van der Waals surface area contributed by atoms with Crippen LogP contribution in [-0.2, 0) is 4.79 Å². The number of amides is 1. The van der Waals surface area contributed by atoms with Crippen molar-refractivity contribution in [2.24, 2.45) is 11.1 Å². The summed E-state index contributed by atoms with van der Waals surface area (Å²) in [5.74, 6) is -0.153. The highest BCUT2D eigenvalue weighted by atomic mass is 79.9. The Hall–Kier alpha value is -0.870. The number of benzene rings is 1. The van der Waals surface area contributed by atoms with E-state index in [1.54, 1.807) is 0 Å². The van der Waals surface area contributed by atoms with Gasteiger partial charge >= 0.3 is 0 Å². The van der Waals surface area contributed by atoms with E-state index in [0.717, 1.165) is 15.7 Å². The van der Waals surface area contributed by atoms with Gasteiger partial charge in [0.25, 0.3) is 0 Å². The molecule has 3 N–H and O–H groups in total. The zero-order valence-electron chi connectivity index (χ0n) is 10.7. The van der Waals surface area contributed by atoms with Crippen molar-refractivity contribution in [3.8, 4) is 0 Å². The van der Waals surface area contributed by atoms with E-state index in [1.807, 2.05) is 45.9 Å². The summed E-state index contributed by atoms with van der Waals surface area (Å²) in [6, 6.07) is 5.15. The van der Waals surface area contributed by atoms with Crippen molar-refractivity contribution in [3.63, 3.8) is 0 Å². The molecule has 0 aliphatic rings. The Morgan fingerprint density at radius 3 is 2.47 bits per heavy atom. The molecule has 0 fully saturated rings. The monoisotopic (exact) mass is 298 g/mol. The maximum atomic E-state index is 11.9. The second-order valence-corrected chi connectivity index (χ2v) is 6.15. The summed E-state index contributed by atoms with van der Waals surface area (Å²) in [6.45, 7) is 7.82. The minimum atomic E-state index is -0.522. The summed E-state index contributed by atoms with van der Waals surface area (Å²) in [6.07, 6.45) is 0. The molecular weight excluding hydrogens is 280 g/mol. The Morgan fingerprint density at radius 1 is 1.41 bits per heavy atom. The average molecular weight is 299 g/mol. The first-order valence-electron chi connectivity index (χ1n) is 5.54. The minimum Gasteiger partial charge on any atom is -0.325 e. The van der Waals surface area contributed by atoms with Gasteiger partial charge in [0.1, 0.15) is 0 Å². The Bertz CT molecular complexity index is 424. The van der Waals surface area contributed by atoms with Crippen molar-refractivity contribution in [1.82, 2.24) is 0 Å². The summed E-state index contributed by atoms with van der Waals surface area (Å²) in [4.78, 5) is 11.9. The largest absolute Gasteiger partial charge is 0.325 e. The zero-order chi connectivity index (χ0) is 13.2. The fourth-order valence-electron chi connectivity index (χ4n) is 1.34. The molecule has 3 nitrogen and oxygen atoms in total. The summed E-state index contributed by atoms with van der Waals surface area (Å²) >= 11 is 3.42. The van der Waals surface area contributed by atoms with Gasteiger partial charge in [0.2, 0.25) is 5.91 Å². The SMILES string of the molecule is Cc1cc(NC(=O)[C@H](N)C(C)(C)C)ccc1Br. The summed E-state index contributed by atoms with van der Waals surface area (Å²) in [7, 11) is 0. The van der Waals surface area contributed by atoms with Crippen LogP contribution in [0.5, 0.6) is 0 Å². The number of rotatable bonds is 2. The smallest absolute Gasteiger partial charge is 0.241 e. The van der Waals surface area contributed by atoms with Crippen molar-refractivity contribution < 1.29 is 4.79 Å². The molecule has 1 aromatic rings. The van der Waals surface area contributed by atoms with Gasteiger partial charge in [-0.15, -0.1) is 0 Å². The van der Waals surface area contributed by atoms with Crippen molar-refractivity contribution in [2.75, 3.05) is 5.32 Å². The van der Waals surface area contributed by atoms with E-state index >= 15 is 0 Å². The van der Waals surface area contributed by atoms with Gasteiger partial charge in [0, 0.05) is 10.2 Å². The van der Waals surface area contributed by atoms with Crippen LogP contribution >= 0.6 is 15.9 Å². The third-order valence-corrected chi connectivity index (χ3v) is 3.53. The van der Waals surface area contributed by atoms with Gasteiger partial charge in [-0.05, 0) is 36.1 Å². The number of nitrogens with two attached hydrogens (primary N) is 1. The maximum Gasteiger partial charge on any atom is 0.241 e. The van der Waals surface area contributed by atoms with Crippen molar-refractivity contribution in [3.05, 3.63) is 28.2 Å². The lowest BCUT2D eigenvalue weighted by atomic mass is 9.87. The third-order valence-electron chi connectivity index (χ3n) is 2.64. The molecule has 0 radical (unpaired) electrons. The Labute approximate surface area is 111 Å². The molecule has 17 heavy (non-hydrogen) atoms. The van der Waals surface area contributed by atoms with Gasteiger partial charge in [0.05, 0.1) is 6.04 Å². The number of nitrogens with one attached hydrogen (secondary N) is 1. The molecule has 94 valence electrons. The number of hydrogen-bond donors (Lipinski definition) is 2. The highest BCUT2D eigenvalue weighted by molar-refractivity contribution is 9.10. The van der Waals surface area contributed by atoms with Gasteiger partial charge in [0.15, 0.2) is 0 Å². The molecule has 0 saturated carbocycles. The van der Waals surface area contributed by atoms with Gasteiger partial charge < -0.3 is 11.1 Å². The van der Waals surface area contributed by atoms with Gasteiger partial charge in [-0.1, -0.05) is 36.7 Å². The Kier molecular flexibility index (Phi) is 4.33. The average Bonchev–Trinajstić information content (AvgIpc) is 2.21. The lowest BCUT2D eigenvalue weighted by molar-refractivity contribution is -0.119. The molecule has 0 aliphatic heterocycles. The van der Waals surface area contributed by atoms with Crippen LogP contribution in [0.25, 0.3) is 0 Å². The first-order valence-corrected chi connectivity index (χ1v) is 6.33. The molecular formula is C13H19BrN2O. The number of halogens is 1. The molecule has 0 aromatic heterocycles. The summed E-state index contributed by atoms with van der Waals surface area (Å²) in [5.41, 5.74) is 7.50. The molecule has 1 rings (SSSR count). The van der Waals surface area contributed by atoms with Gasteiger partial charge in [-0.3, -0.25) is 4.79 Å². The number of carbonyl (C=O) groups is 1. The predicted octanol–water partition coefficient (Wildman–Crippen LogP) is 3.07. The fourth-order valence-corrected chi connectivity index (χ4v) is 1.58. The van der Waals surface area contributed by atoms with Crippen molar-refractivity contribution in [2.45, 2.75) is 33.7 Å². The number of carbonyl (C=O) groups excluding carboxylic acids is 1. The highest BCUT2D eigenvalue weighted by Crippen LogP contribution is 2.22. The van der Waals surface area contributed by atoms with Crippen LogP contribution in [0.15, 0.2) is 22.7 Å². The molecule has 0 aliphatic carbocycles. The molecule has 1 aromatic carbocycles. The molecule has 0 bridgehead atoms. The van der Waals surface area contributed by atoms with Crippen LogP contribution in [0.2, 0.25) is 0 Å². The first-order chi connectivity index (χ1) is 7.71. The number of aryl methyl sites for hydroxylation is 1. The summed E-state index contributed by atoms with van der Waals surface area (Å²) in [5, 5.41) is 2.83. The van der Waals surface area contributed by atoms with E-state index in [9.17, 15) is 4.79 Å².